The number of nitrogens with two attached hydrogens (primary N) is 2. The lowest BCUT2D eigenvalue weighted by atomic mass is 10.1. The predicted octanol–water partition coefficient (Wildman–Crippen LogP) is 4.10. The molecule has 1 aliphatic rings. The molecule has 1 fully saturated rings. The molecule has 1 saturated heterocycles. The molecule has 1 aliphatic heterocycles. The molecular weight excluding hydrogens is 450 g/mol. The molecular formula is C24H39N7O2S. The van der Waals surface area contributed by atoms with E-state index in [4.69, 9.17) is 20.9 Å². The molecule has 0 aliphatic carbocycles. The first kappa shape index (κ1) is 27.4. The molecule has 0 amide bonds. The maximum atomic E-state index is 6.61. The van der Waals surface area contributed by atoms with Crippen molar-refractivity contribution in [2.24, 2.45) is 0 Å². The number of thiol groups is 1. The normalized spacial score (nSPS) is 12.9. The SMILES string of the molecule is CCC.CNCOc1ccc(-n2c(N)c3cnnc(N4CCCCC4)c3c2N)c(OC)c1.CS. The lowest BCUT2D eigenvalue weighted by Gasteiger charge is -2.27. The first-order valence-corrected chi connectivity index (χ1v) is 12.5. The van der Waals surface area contributed by atoms with Crippen LogP contribution in [-0.2, 0) is 0 Å². The summed E-state index contributed by atoms with van der Waals surface area (Å²) in [5, 5.41) is 13.2. The number of aromatic nitrogens is 3. The van der Waals surface area contributed by atoms with Crippen LogP contribution in [0.2, 0.25) is 0 Å². The molecule has 2 aromatic heterocycles. The van der Waals surface area contributed by atoms with Crippen molar-refractivity contribution >= 4 is 40.9 Å². The van der Waals surface area contributed by atoms with E-state index in [-0.39, 0.29) is 0 Å². The summed E-state index contributed by atoms with van der Waals surface area (Å²) in [5.74, 6) is 3.12. The number of nitrogens with zero attached hydrogens (tertiary/aromatic N) is 4. The van der Waals surface area contributed by atoms with Gasteiger partial charge < -0.3 is 25.8 Å². The molecule has 188 valence electrons. The fourth-order valence-corrected chi connectivity index (χ4v) is 3.86. The number of fused-ring (bicyclic) bond motifs is 1. The minimum Gasteiger partial charge on any atom is -0.494 e. The third-order valence-corrected chi connectivity index (χ3v) is 5.28. The van der Waals surface area contributed by atoms with Crippen molar-refractivity contribution in [1.29, 1.82) is 0 Å². The van der Waals surface area contributed by atoms with Crippen molar-refractivity contribution in [2.45, 2.75) is 39.5 Å². The number of nitrogens with one attached hydrogen (secondary N) is 1. The second-order valence-electron chi connectivity index (χ2n) is 7.79. The van der Waals surface area contributed by atoms with Crippen molar-refractivity contribution in [2.75, 3.05) is 56.6 Å². The summed E-state index contributed by atoms with van der Waals surface area (Å²) in [6, 6.07) is 5.57. The Kier molecular flexibility index (Phi) is 11.1. The van der Waals surface area contributed by atoms with Gasteiger partial charge in [0.25, 0.3) is 0 Å². The third kappa shape index (κ3) is 5.98. The molecule has 3 heterocycles. The minimum atomic E-state index is 0.400. The first-order chi connectivity index (χ1) is 16.6. The van der Waals surface area contributed by atoms with E-state index in [1.54, 1.807) is 24.1 Å². The Morgan fingerprint density at radius 1 is 1.09 bits per heavy atom. The number of benzene rings is 1. The second kappa shape index (κ2) is 13.8. The largest absolute Gasteiger partial charge is 0.494 e. The van der Waals surface area contributed by atoms with Gasteiger partial charge in [-0.05, 0) is 44.7 Å². The van der Waals surface area contributed by atoms with Crippen molar-refractivity contribution in [1.82, 2.24) is 20.1 Å². The van der Waals surface area contributed by atoms with Gasteiger partial charge in [0.2, 0.25) is 0 Å². The Hall–Kier alpha value is -2.85. The number of ether oxygens (including phenoxy) is 2. The zero-order chi connectivity index (χ0) is 25.1. The Morgan fingerprint density at radius 3 is 2.38 bits per heavy atom. The first-order valence-electron chi connectivity index (χ1n) is 11.6. The third-order valence-electron chi connectivity index (χ3n) is 5.28. The average Bonchev–Trinajstić information content (AvgIpc) is 3.14. The fourth-order valence-electron chi connectivity index (χ4n) is 3.86. The monoisotopic (exact) mass is 489 g/mol. The van der Waals surface area contributed by atoms with Crippen LogP contribution >= 0.6 is 12.6 Å². The predicted molar refractivity (Wildman–Crippen MR) is 146 cm³/mol. The number of piperidine rings is 1. The molecule has 3 aromatic rings. The highest BCUT2D eigenvalue weighted by Gasteiger charge is 2.24. The molecule has 9 nitrogen and oxygen atoms in total. The fraction of sp³-hybridized carbons (Fsp3) is 0.500. The van der Waals surface area contributed by atoms with Crippen LogP contribution in [0.5, 0.6) is 11.5 Å². The van der Waals surface area contributed by atoms with E-state index in [9.17, 15) is 0 Å². The second-order valence-corrected chi connectivity index (χ2v) is 7.79. The van der Waals surface area contributed by atoms with Crippen LogP contribution in [0, 0.1) is 0 Å². The molecule has 0 bridgehead atoms. The van der Waals surface area contributed by atoms with E-state index < -0.39 is 0 Å². The molecule has 10 heteroatoms. The molecule has 5 N–H and O–H groups in total. The number of hydrogen-bond acceptors (Lipinski definition) is 9. The van der Waals surface area contributed by atoms with Gasteiger partial charge in [-0.25, -0.2) is 0 Å². The zero-order valence-electron chi connectivity index (χ0n) is 21.0. The van der Waals surface area contributed by atoms with Crippen molar-refractivity contribution in [3.05, 3.63) is 24.4 Å². The van der Waals surface area contributed by atoms with Crippen LogP contribution in [0.4, 0.5) is 17.5 Å². The van der Waals surface area contributed by atoms with Crippen molar-refractivity contribution in [3.8, 4) is 17.2 Å². The molecule has 0 spiro atoms. The van der Waals surface area contributed by atoms with Gasteiger partial charge in [-0.15, -0.1) is 5.10 Å². The highest BCUT2D eigenvalue weighted by atomic mass is 32.1. The summed E-state index contributed by atoms with van der Waals surface area (Å²) in [6.45, 7) is 6.54. The van der Waals surface area contributed by atoms with Gasteiger partial charge in [-0.2, -0.15) is 17.7 Å². The standard InChI is InChI=1S/C20H27N7O2.C3H8.CH4S/c1-23-12-29-13-6-7-15(16(10-13)28-2)27-18(21)14-11-24-25-20(17(14)19(27)22)26-8-4-3-5-9-26;1-3-2;1-2/h6-7,10-11,23H,3-5,8-9,12,21-22H2,1-2H3;3H2,1-2H3;2H,1H3. The van der Waals surface area contributed by atoms with Crippen LogP contribution < -0.4 is 31.2 Å². The van der Waals surface area contributed by atoms with Gasteiger partial charge in [0.1, 0.15) is 29.9 Å². The van der Waals surface area contributed by atoms with Gasteiger partial charge in [-0.3, -0.25) is 9.88 Å². The van der Waals surface area contributed by atoms with E-state index in [2.05, 4.69) is 46.9 Å². The van der Waals surface area contributed by atoms with E-state index in [1.165, 1.54) is 12.8 Å². The smallest absolute Gasteiger partial charge is 0.162 e. The summed E-state index contributed by atoms with van der Waals surface area (Å²) >= 11 is 3.53. The lowest BCUT2D eigenvalue weighted by molar-refractivity contribution is 0.294. The quantitative estimate of drug-likeness (QED) is 0.302. The van der Waals surface area contributed by atoms with Crippen LogP contribution in [0.25, 0.3) is 16.5 Å². The van der Waals surface area contributed by atoms with E-state index in [0.29, 0.717) is 29.9 Å². The summed E-state index contributed by atoms with van der Waals surface area (Å²) in [4.78, 5) is 2.24. The molecule has 0 radical (unpaired) electrons. The summed E-state index contributed by atoms with van der Waals surface area (Å²) in [6.07, 6.45) is 8.12. The molecule has 4 rings (SSSR count). The number of anilines is 3. The Morgan fingerprint density at radius 2 is 1.76 bits per heavy atom. The maximum absolute atomic E-state index is 6.61. The van der Waals surface area contributed by atoms with Gasteiger partial charge >= 0.3 is 0 Å². The highest BCUT2D eigenvalue weighted by molar-refractivity contribution is 7.79. The van der Waals surface area contributed by atoms with Crippen LogP contribution in [0.15, 0.2) is 24.4 Å². The number of hydrogen-bond donors (Lipinski definition) is 4. The van der Waals surface area contributed by atoms with Gasteiger partial charge in [0.05, 0.1) is 29.8 Å². The van der Waals surface area contributed by atoms with Gasteiger partial charge in [-0.1, -0.05) is 20.3 Å². The van der Waals surface area contributed by atoms with E-state index >= 15 is 0 Å². The number of methoxy groups -OCH3 is 1. The van der Waals surface area contributed by atoms with Gasteiger partial charge in [0.15, 0.2) is 5.82 Å². The Bertz CT molecular complexity index is 1040. The van der Waals surface area contributed by atoms with E-state index in [0.717, 1.165) is 48.2 Å². The number of nitrogen functional groups attached to an aromatic ring is 2. The number of rotatable bonds is 6. The molecule has 0 saturated carbocycles. The zero-order valence-corrected chi connectivity index (χ0v) is 21.9. The highest BCUT2D eigenvalue weighted by Crippen LogP contribution is 2.41. The van der Waals surface area contributed by atoms with Crippen molar-refractivity contribution in [3.63, 3.8) is 0 Å². The lowest BCUT2D eigenvalue weighted by Crippen LogP contribution is -2.30. The molecule has 1 aromatic carbocycles. The Labute approximate surface area is 208 Å². The van der Waals surface area contributed by atoms with Crippen LogP contribution in [-0.4, -0.2) is 55.0 Å². The summed E-state index contributed by atoms with van der Waals surface area (Å²) < 4.78 is 13.0. The summed E-state index contributed by atoms with van der Waals surface area (Å²) in [7, 11) is 3.43. The Balaban J connectivity index is 0.000000758. The summed E-state index contributed by atoms with van der Waals surface area (Å²) in [5.41, 5.74) is 13.9. The molecule has 34 heavy (non-hydrogen) atoms. The van der Waals surface area contributed by atoms with Crippen molar-refractivity contribution < 1.29 is 9.47 Å². The topological polar surface area (TPSA) is 116 Å². The van der Waals surface area contributed by atoms with Crippen LogP contribution in [0.1, 0.15) is 39.5 Å². The van der Waals surface area contributed by atoms with Crippen LogP contribution in [0.3, 0.4) is 0 Å². The van der Waals surface area contributed by atoms with E-state index in [1.807, 2.05) is 25.2 Å². The molecule has 0 atom stereocenters. The maximum Gasteiger partial charge on any atom is 0.162 e. The minimum absolute atomic E-state index is 0.400. The van der Waals surface area contributed by atoms with Gasteiger partial charge in [0, 0.05) is 19.2 Å². The molecule has 0 unspecified atom stereocenters. The average molecular weight is 490 g/mol.